The van der Waals surface area contributed by atoms with E-state index in [4.69, 9.17) is 26.3 Å². The van der Waals surface area contributed by atoms with E-state index in [1.54, 1.807) is 0 Å². The summed E-state index contributed by atoms with van der Waals surface area (Å²) < 4.78 is 7.60. The van der Waals surface area contributed by atoms with Gasteiger partial charge in [-0.1, -0.05) is 37.1 Å². The number of halogens is 1. The van der Waals surface area contributed by atoms with E-state index < -0.39 is 5.41 Å². The Kier molecular flexibility index (Phi) is 7.05. The van der Waals surface area contributed by atoms with Gasteiger partial charge in [0.2, 0.25) is 5.91 Å². The summed E-state index contributed by atoms with van der Waals surface area (Å²) in [6.45, 7) is 10.3. The van der Waals surface area contributed by atoms with E-state index in [1.807, 2.05) is 12.4 Å². The number of likely N-dealkylation sites (tertiary alicyclic amines) is 2. The first-order valence-corrected chi connectivity index (χ1v) is 16.9. The van der Waals surface area contributed by atoms with Crippen LogP contribution in [0.5, 0.6) is 0 Å². The molecule has 1 aromatic carbocycles. The zero-order chi connectivity index (χ0) is 29.3. The highest BCUT2D eigenvalue weighted by molar-refractivity contribution is 6.34. The van der Waals surface area contributed by atoms with Crippen molar-refractivity contribution in [2.24, 2.45) is 0 Å². The minimum absolute atomic E-state index is 0.260. The fourth-order valence-corrected chi connectivity index (χ4v) is 8.63. The Morgan fingerprint density at radius 1 is 1.00 bits per heavy atom. The lowest BCUT2D eigenvalue weighted by atomic mass is 9.73. The van der Waals surface area contributed by atoms with Crippen molar-refractivity contribution in [1.29, 1.82) is 0 Å². The molecule has 9 heteroatoms. The van der Waals surface area contributed by atoms with Gasteiger partial charge in [0, 0.05) is 29.4 Å². The van der Waals surface area contributed by atoms with Gasteiger partial charge in [-0.25, -0.2) is 9.97 Å². The second-order valence-electron chi connectivity index (χ2n) is 13.7. The molecule has 4 aliphatic heterocycles. The Hall–Kier alpha value is -2.52. The number of carbonyl (C=O) groups is 1. The summed E-state index contributed by atoms with van der Waals surface area (Å²) in [7, 11) is 0. The van der Waals surface area contributed by atoms with Crippen molar-refractivity contribution in [2.45, 2.75) is 94.8 Å². The minimum atomic E-state index is -0.435. The van der Waals surface area contributed by atoms with Crippen LogP contribution >= 0.6 is 11.6 Å². The van der Waals surface area contributed by atoms with Crippen molar-refractivity contribution in [2.75, 3.05) is 44.3 Å². The second-order valence-corrected chi connectivity index (χ2v) is 14.0. The fraction of sp³-hybridized carbons (Fsp3) is 0.618. The molecule has 0 bridgehead atoms. The summed E-state index contributed by atoms with van der Waals surface area (Å²) in [6.07, 6.45) is 10.7. The Labute approximate surface area is 259 Å². The number of hydrogen-bond donors (Lipinski definition) is 0. The normalized spacial score (nSPS) is 27.0. The Morgan fingerprint density at radius 2 is 1.74 bits per heavy atom. The molecule has 1 spiro atoms. The average Bonchev–Trinajstić information content (AvgIpc) is 3.51. The maximum atomic E-state index is 14.6. The van der Waals surface area contributed by atoms with Crippen LogP contribution in [-0.2, 0) is 14.9 Å². The Morgan fingerprint density at radius 3 is 2.44 bits per heavy atom. The molecule has 3 saturated heterocycles. The van der Waals surface area contributed by atoms with Crippen LogP contribution < -0.4 is 4.90 Å². The average molecular weight is 603 g/mol. The second kappa shape index (κ2) is 10.8. The lowest BCUT2D eigenvalue weighted by molar-refractivity contribution is -0.128. The van der Waals surface area contributed by atoms with Gasteiger partial charge < -0.3 is 19.1 Å². The number of hydrogen-bond acceptors (Lipinski definition) is 6. The van der Waals surface area contributed by atoms with Gasteiger partial charge in [-0.05, 0) is 95.7 Å². The molecule has 6 heterocycles. The van der Waals surface area contributed by atoms with Crippen LogP contribution in [-0.4, -0.2) is 87.8 Å². The van der Waals surface area contributed by atoms with Gasteiger partial charge in [-0.15, -0.1) is 0 Å². The summed E-state index contributed by atoms with van der Waals surface area (Å²) in [4.78, 5) is 31.6. The van der Waals surface area contributed by atoms with Crippen molar-refractivity contribution in [3.05, 3.63) is 41.3 Å². The number of ether oxygens (including phenoxy) is 1. The van der Waals surface area contributed by atoms with Crippen LogP contribution in [0.25, 0.3) is 22.3 Å². The van der Waals surface area contributed by atoms with Crippen LogP contribution in [0.2, 0.25) is 5.15 Å². The predicted octanol–water partition coefficient (Wildman–Crippen LogP) is 5.82. The third-order valence-corrected chi connectivity index (χ3v) is 11.7. The van der Waals surface area contributed by atoms with Crippen molar-refractivity contribution in [1.82, 2.24) is 24.3 Å². The lowest BCUT2D eigenvalue weighted by Gasteiger charge is -2.48. The molecular weight excluding hydrogens is 560 g/mol. The van der Waals surface area contributed by atoms with Crippen LogP contribution in [0.3, 0.4) is 0 Å². The summed E-state index contributed by atoms with van der Waals surface area (Å²) >= 11 is 6.82. The van der Waals surface area contributed by atoms with Gasteiger partial charge in [0.05, 0.1) is 42.2 Å². The molecule has 5 aliphatic rings. The van der Waals surface area contributed by atoms with Gasteiger partial charge in [0.15, 0.2) is 5.15 Å². The Balaban J connectivity index is 1.14. The summed E-state index contributed by atoms with van der Waals surface area (Å²) in [5.41, 5.74) is 5.41. The highest BCUT2D eigenvalue weighted by atomic mass is 35.5. The minimum Gasteiger partial charge on any atom is -0.378 e. The topological polar surface area (TPSA) is 66.7 Å². The van der Waals surface area contributed by atoms with E-state index >= 15 is 0 Å². The van der Waals surface area contributed by atoms with Gasteiger partial charge in [0.25, 0.3) is 0 Å². The number of amides is 1. The quantitative estimate of drug-likeness (QED) is 0.331. The van der Waals surface area contributed by atoms with Gasteiger partial charge in [0.1, 0.15) is 5.52 Å². The molecular formula is C34H43ClN6O2. The highest BCUT2D eigenvalue weighted by Crippen LogP contribution is 2.52. The van der Waals surface area contributed by atoms with E-state index in [0.29, 0.717) is 29.2 Å². The molecule has 0 N–H and O–H groups in total. The van der Waals surface area contributed by atoms with E-state index in [1.165, 1.54) is 37.9 Å². The fourth-order valence-electron chi connectivity index (χ4n) is 8.35. The number of pyridine rings is 1. The summed E-state index contributed by atoms with van der Waals surface area (Å²) in [6, 6.07) is 10.3. The Bertz CT molecular complexity index is 1530. The summed E-state index contributed by atoms with van der Waals surface area (Å²) in [5.74, 6) is 0.319. The zero-order valence-electron chi connectivity index (χ0n) is 25.5. The van der Waals surface area contributed by atoms with Crippen LogP contribution in [0, 0.1) is 0 Å². The van der Waals surface area contributed by atoms with E-state index in [9.17, 15) is 4.79 Å². The third-order valence-electron chi connectivity index (χ3n) is 11.4. The molecule has 1 aliphatic carbocycles. The van der Waals surface area contributed by atoms with Crippen molar-refractivity contribution in [3.63, 3.8) is 0 Å². The molecule has 1 atom stereocenters. The maximum absolute atomic E-state index is 14.6. The van der Waals surface area contributed by atoms with Gasteiger partial charge >= 0.3 is 0 Å². The van der Waals surface area contributed by atoms with Crippen LogP contribution in [0.4, 0.5) is 5.69 Å². The molecule has 3 aromatic rings. The number of fused-ring (bicyclic) bond motifs is 3. The first-order chi connectivity index (χ1) is 21.0. The smallest absolute Gasteiger partial charge is 0.238 e. The molecule has 8 rings (SSSR count). The van der Waals surface area contributed by atoms with E-state index in [2.05, 4.69) is 51.3 Å². The first kappa shape index (κ1) is 28.0. The molecule has 4 fully saturated rings. The van der Waals surface area contributed by atoms with Crippen molar-refractivity contribution < 1.29 is 9.53 Å². The van der Waals surface area contributed by atoms with Crippen LogP contribution in [0.1, 0.15) is 76.8 Å². The predicted molar refractivity (Wildman–Crippen MR) is 170 cm³/mol. The molecule has 1 amide bonds. The van der Waals surface area contributed by atoms with Gasteiger partial charge in [-0.2, -0.15) is 0 Å². The number of imidazole rings is 1. The monoisotopic (exact) mass is 602 g/mol. The number of carbonyl (C=O) groups excluding carboxylic acids is 1. The number of piperidine rings is 2. The standard InChI is InChI=1S/C34H43ClN6O2/c1-3-22(2)40-21-36-29-18-28(37-32(35)31(29)40)23-7-8-27-30(15-23)41(25-16-24(17-25)38-11-5-4-6-12-38)33(42)34(27)9-13-39(14-10-34)26-19-43-20-26/h7-8,15,18,21-22,24-26H,3-6,9-14,16-17,19-20H2,1-2H3/t22-,24-,25+/m0/s1. The lowest BCUT2D eigenvalue weighted by Crippen LogP contribution is -2.59. The highest BCUT2D eigenvalue weighted by Gasteiger charge is 2.56. The van der Waals surface area contributed by atoms with Crippen molar-refractivity contribution >= 4 is 34.2 Å². The van der Waals surface area contributed by atoms with E-state index in [-0.39, 0.29) is 6.04 Å². The van der Waals surface area contributed by atoms with E-state index in [0.717, 1.165) is 86.4 Å². The molecule has 228 valence electrons. The molecule has 0 unspecified atom stereocenters. The molecule has 2 aromatic heterocycles. The number of rotatable bonds is 6. The number of anilines is 1. The molecule has 43 heavy (non-hydrogen) atoms. The largest absolute Gasteiger partial charge is 0.378 e. The molecule has 1 saturated carbocycles. The molecule has 0 radical (unpaired) electrons. The number of benzene rings is 1. The number of aromatic nitrogens is 3. The zero-order valence-corrected chi connectivity index (χ0v) is 26.2. The van der Waals surface area contributed by atoms with Gasteiger partial charge in [-0.3, -0.25) is 9.69 Å². The number of nitrogens with zero attached hydrogens (tertiary/aromatic N) is 6. The van der Waals surface area contributed by atoms with Crippen molar-refractivity contribution in [3.8, 4) is 11.3 Å². The maximum Gasteiger partial charge on any atom is 0.238 e. The SMILES string of the molecule is CC[C@H](C)n1cnc2cc(-c3ccc4c(c3)N([C@H]3C[C@@H](N5CCCCC5)C3)C(=O)C43CCN(C4COC4)CC3)nc(Cl)c21. The first-order valence-electron chi connectivity index (χ1n) is 16.5. The third kappa shape index (κ3) is 4.46. The summed E-state index contributed by atoms with van der Waals surface area (Å²) in [5, 5.41) is 0.478. The van der Waals surface area contributed by atoms with Crippen LogP contribution in [0.15, 0.2) is 30.6 Å². The molecule has 8 nitrogen and oxygen atoms in total.